The largest absolute Gasteiger partial charge is 0.493 e. The number of benzene rings is 1. The molecule has 0 fully saturated rings. The van der Waals surface area contributed by atoms with E-state index in [0.717, 1.165) is 51.0 Å². The number of rotatable bonds is 12. The van der Waals surface area contributed by atoms with Gasteiger partial charge in [-0.2, -0.15) is 0 Å². The van der Waals surface area contributed by atoms with E-state index in [1.807, 2.05) is 12.1 Å². The molecule has 0 amide bonds. The number of likely N-dealkylation sites (N-methyl/N-ethyl adjacent to an activating group) is 1. The van der Waals surface area contributed by atoms with Crippen LogP contribution in [0.1, 0.15) is 25.8 Å². The molecule has 0 heterocycles. The van der Waals surface area contributed by atoms with E-state index in [1.54, 1.807) is 14.2 Å². The molecule has 1 aromatic carbocycles. The van der Waals surface area contributed by atoms with Crippen molar-refractivity contribution in [2.75, 3.05) is 54.1 Å². The lowest BCUT2D eigenvalue weighted by Gasteiger charge is -2.18. The highest BCUT2D eigenvalue weighted by atomic mass is 127. The monoisotopic (exact) mass is 492 g/mol. The third-order valence-electron chi connectivity index (χ3n) is 3.84. The van der Waals surface area contributed by atoms with Crippen molar-refractivity contribution in [3.63, 3.8) is 0 Å². The van der Waals surface area contributed by atoms with E-state index in [2.05, 4.69) is 53.6 Å². The average Bonchev–Trinajstić information content (AvgIpc) is 2.63. The molecule has 1 rings (SSSR count). The van der Waals surface area contributed by atoms with E-state index in [4.69, 9.17) is 9.47 Å². The van der Waals surface area contributed by atoms with E-state index in [-0.39, 0.29) is 24.0 Å². The third-order valence-corrected chi connectivity index (χ3v) is 3.84. The second-order valence-electron chi connectivity index (χ2n) is 6.85. The fourth-order valence-corrected chi connectivity index (χ4v) is 2.37. The van der Waals surface area contributed by atoms with Crippen molar-refractivity contribution in [3.8, 4) is 5.75 Å². The molecule has 0 atom stereocenters. The molecule has 2 N–H and O–H groups in total. The topological polar surface area (TPSA) is 58.1 Å². The van der Waals surface area contributed by atoms with Gasteiger partial charge in [0.25, 0.3) is 0 Å². The summed E-state index contributed by atoms with van der Waals surface area (Å²) >= 11 is 0. The number of ether oxygens (including phenoxy) is 2. The lowest BCUT2D eigenvalue weighted by molar-refractivity contribution is 0.180. The van der Waals surface area contributed by atoms with Crippen LogP contribution < -0.4 is 15.4 Å². The fourth-order valence-electron chi connectivity index (χ4n) is 2.37. The van der Waals surface area contributed by atoms with Crippen molar-refractivity contribution < 1.29 is 9.47 Å². The van der Waals surface area contributed by atoms with Crippen LogP contribution in [0.2, 0.25) is 0 Å². The molecule has 0 radical (unpaired) electrons. The Kier molecular flexibility index (Phi) is 15.3. The molecule has 0 aliphatic rings. The van der Waals surface area contributed by atoms with Gasteiger partial charge in [-0.15, -0.1) is 24.0 Å². The van der Waals surface area contributed by atoms with Gasteiger partial charge in [0.05, 0.1) is 6.61 Å². The number of aliphatic imine (C=N–C) groups is 1. The average molecular weight is 492 g/mol. The van der Waals surface area contributed by atoms with Crippen LogP contribution in [-0.2, 0) is 11.3 Å². The number of guanidine groups is 1. The maximum atomic E-state index is 5.78. The van der Waals surface area contributed by atoms with Crippen molar-refractivity contribution in [1.82, 2.24) is 15.5 Å². The van der Waals surface area contributed by atoms with Crippen LogP contribution >= 0.6 is 24.0 Å². The Morgan fingerprint density at radius 1 is 1.22 bits per heavy atom. The van der Waals surface area contributed by atoms with Gasteiger partial charge in [0.1, 0.15) is 5.75 Å². The molecule has 6 nitrogen and oxygen atoms in total. The molecule has 0 saturated carbocycles. The molecule has 0 aliphatic heterocycles. The van der Waals surface area contributed by atoms with Gasteiger partial charge in [0, 0.05) is 46.9 Å². The molecular weight excluding hydrogens is 455 g/mol. The second kappa shape index (κ2) is 15.9. The Hall–Kier alpha value is -1.06. The van der Waals surface area contributed by atoms with E-state index in [0.29, 0.717) is 12.5 Å². The predicted octanol–water partition coefficient (Wildman–Crippen LogP) is 2.97. The number of nitrogens with one attached hydrogen (secondary N) is 2. The quantitative estimate of drug-likeness (QED) is 0.203. The van der Waals surface area contributed by atoms with Gasteiger partial charge < -0.3 is 25.0 Å². The molecule has 0 unspecified atom stereocenters. The minimum absolute atomic E-state index is 0. The van der Waals surface area contributed by atoms with Crippen LogP contribution in [0, 0.1) is 5.92 Å². The zero-order valence-corrected chi connectivity index (χ0v) is 19.8. The Balaban J connectivity index is 0.00000676. The molecule has 27 heavy (non-hydrogen) atoms. The molecule has 7 heteroatoms. The molecule has 1 aromatic rings. The van der Waals surface area contributed by atoms with Gasteiger partial charge in [-0.1, -0.05) is 26.0 Å². The molecule has 0 aliphatic carbocycles. The van der Waals surface area contributed by atoms with Gasteiger partial charge >= 0.3 is 0 Å². The summed E-state index contributed by atoms with van der Waals surface area (Å²) in [6, 6.07) is 8.19. The zero-order chi connectivity index (χ0) is 19.2. The first-order valence-electron chi connectivity index (χ1n) is 9.39. The van der Waals surface area contributed by atoms with E-state index in [9.17, 15) is 0 Å². The van der Waals surface area contributed by atoms with Crippen LogP contribution in [0.4, 0.5) is 0 Å². The second-order valence-corrected chi connectivity index (χ2v) is 6.85. The highest BCUT2D eigenvalue weighted by molar-refractivity contribution is 14.0. The first kappa shape index (κ1) is 25.9. The standard InChI is InChI=1S/C20H36N4O2.HI/c1-17(2)16-26-19-9-6-8-18(14-19)15-23-20(21-3)22-10-12-24(4)11-7-13-25-5;/h6,8-9,14,17H,7,10-13,15-16H2,1-5H3,(H2,21,22,23);1H. The number of halogens is 1. The Morgan fingerprint density at radius 2 is 2.00 bits per heavy atom. The molecule has 156 valence electrons. The summed E-state index contributed by atoms with van der Waals surface area (Å²) in [4.78, 5) is 6.57. The third kappa shape index (κ3) is 12.9. The van der Waals surface area contributed by atoms with Crippen molar-refractivity contribution >= 4 is 29.9 Å². The van der Waals surface area contributed by atoms with Crippen LogP contribution in [0.25, 0.3) is 0 Å². The van der Waals surface area contributed by atoms with E-state index < -0.39 is 0 Å². The van der Waals surface area contributed by atoms with Crippen molar-refractivity contribution in [2.24, 2.45) is 10.9 Å². The van der Waals surface area contributed by atoms with Crippen molar-refractivity contribution in [2.45, 2.75) is 26.8 Å². The van der Waals surface area contributed by atoms with Crippen molar-refractivity contribution in [1.29, 1.82) is 0 Å². The first-order valence-corrected chi connectivity index (χ1v) is 9.39. The fraction of sp³-hybridized carbons (Fsp3) is 0.650. The normalized spacial score (nSPS) is 11.4. The molecule has 0 spiro atoms. The summed E-state index contributed by atoms with van der Waals surface area (Å²) in [5, 5.41) is 6.70. The van der Waals surface area contributed by atoms with E-state index in [1.165, 1.54) is 5.56 Å². The lowest BCUT2D eigenvalue weighted by Crippen LogP contribution is -2.40. The van der Waals surface area contributed by atoms with Gasteiger partial charge in [0.2, 0.25) is 0 Å². The molecule has 0 aromatic heterocycles. The summed E-state index contributed by atoms with van der Waals surface area (Å²) in [6.07, 6.45) is 1.05. The maximum Gasteiger partial charge on any atom is 0.191 e. The minimum atomic E-state index is 0. The van der Waals surface area contributed by atoms with Gasteiger partial charge in [-0.25, -0.2) is 0 Å². The van der Waals surface area contributed by atoms with Crippen molar-refractivity contribution in [3.05, 3.63) is 29.8 Å². The molecular formula is C20H37IN4O2. The van der Waals surface area contributed by atoms with Gasteiger partial charge in [-0.3, -0.25) is 4.99 Å². The molecule has 0 saturated heterocycles. The molecule has 0 bridgehead atoms. The summed E-state index contributed by atoms with van der Waals surface area (Å²) in [7, 11) is 5.65. The number of hydrogen-bond donors (Lipinski definition) is 2. The van der Waals surface area contributed by atoms with Crippen LogP contribution in [0.3, 0.4) is 0 Å². The number of hydrogen-bond acceptors (Lipinski definition) is 4. The number of methoxy groups -OCH3 is 1. The zero-order valence-electron chi connectivity index (χ0n) is 17.5. The first-order chi connectivity index (χ1) is 12.5. The Labute approximate surface area is 182 Å². The predicted molar refractivity (Wildman–Crippen MR) is 124 cm³/mol. The van der Waals surface area contributed by atoms with Gasteiger partial charge in [0.15, 0.2) is 5.96 Å². The maximum absolute atomic E-state index is 5.78. The van der Waals surface area contributed by atoms with Gasteiger partial charge in [-0.05, 0) is 37.1 Å². The summed E-state index contributed by atoms with van der Waals surface area (Å²) in [6.45, 7) is 9.39. The smallest absolute Gasteiger partial charge is 0.191 e. The summed E-state index contributed by atoms with van der Waals surface area (Å²) < 4.78 is 10.9. The highest BCUT2D eigenvalue weighted by Gasteiger charge is 2.03. The summed E-state index contributed by atoms with van der Waals surface area (Å²) in [5.74, 6) is 2.25. The van der Waals surface area contributed by atoms with Crippen LogP contribution in [-0.4, -0.2) is 64.9 Å². The number of nitrogens with zero attached hydrogens (tertiary/aromatic N) is 2. The van der Waals surface area contributed by atoms with Crippen LogP contribution in [0.15, 0.2) is 29.3 Å². The minimum Gasteiger partial charge on any atom is -0.493 e. The van der Waals surface area contributed by atoms with E-state index >= 15 is 0 Å². The lowest BCUT2D eigenvalue weighted by atomic mass is 10.2. The summed E-state index contributed by atoms with van der Waals surface area (Å²) in [5.41, 5.74) is 1.17. The Bertz CT molecular complexity index is 526. The Morgan fingerprint density at radius 3 is 2.67 bits per heavy atom. The highest BCUT2D eigenvalue weighted by Crippen LogP contribution is 2.14. The SMILES string of the molecule is CN=C(NCCN(C)CCCOC)NCc1cccc(OCC(C)C)c1.I. The van der Waals surface area contributed by atoms with Crippen LogP contribution in [0.5, 0.6) is 5.75 Å².